The van der Waals surface area contributed by atoms with Crippen molar-refractivity contribution in [2.75, 3.05) is 7.11 Å². The number of fused-ring (bicyclic) bond motifs is 3. The SMILES string of the molecule is COC(=O)CC1N=C(c2ccc(-c3ccccc3)cc2)c2c(sc(C)c2C)-n2c(C)nnc21. The van der Waals surface area contributed by atoms with Gasteiger partial charge in [0.15, 0.2) is 5.82 Å². The van der Waals surface area contributed by atoms with Crippen LogP contribution in [0.3, 0.4) is 0 Å². The van der Waals surface area contributed by atoms with E-state index in [4.69, 9.17) is 9.73 Å². The van der Waals surface area contributed by atoms with Crippen molar-refractivity contribution in [3.8, 4) is 16.1 Å². The van der Waals surface area contributed by atoms with Crippen molar-refractivity contribution in [2.45, 2.75) is 33.2 Å². The summed E-state index contributed by atoms with van der Waals surface area (Å²) < 4.78 is 7.00. The summed E-state index contributed by atoms with van der Waals surface area (Å²) in [5.74, 6) is 1.11. The van der Waals surface area contributed by atoms with E-state index < -0.39 is 6.04 Å². The van der Waals surface area contributed by atoms with Gasteiger partial charge in [0.2, 0.25) is 0 Å². The highest BCUT2D eigenvalue weighted by molar-refractivity contribution is 7.15. The molecule has 0 aliphatic carbocycles. The summed E-state index contributed by atoms with van der Waals surface area (Å²) in [4.78, 5) is 18.6. The third-order valence-corrected chi connectivity index (χ3v) is 7.29. The number of esters is 1. The molecular formula is C26H24N4O2S. The first kappa shape index (κ1) is 21.3. The molecule has 5 rings (SSSR count). The summed E-state index contributed by atoms with van der Waals surface area (Å²) in [6, 6.07) is 18.3. The lowest BCUT2D eigenvalue weighted by Crippen LogP contribution is -2.12. The Bertz CT molecular complexity index is 1370. The fraction of sp³-hybridized carbons (Fsp3) is 0.231. The second-order valence-electron chi connectivity index (χ2n) is 8.12. The maximum absolute atomic E-state index is 12.2. The van der Waals surface area contributed by atoms with Gasteiger partial charge in [-0.15, -0.1) is 21.5 Å². The van der Waals surface area contributed by atoms with Crippen LogP contribution in [0, 0.1) is 20.8 Å². The average molecular weight is 457 g/mol. The second-order valence-corrected chi connectivity index (χ2v) is 9.32. The monoisotopic (exact) mass is 456 g/mol. The molecule has 1 unspecified atom stereocenters. The Morgan fingerprint density at radius 1 is 0.970 bits per heavy atom. The Labute approximate surface area is 196 Å². The van der Waals surface area contributed by atoms with Gasteiger partial charge in [-0.2, -0.15) is 0 Å². The molecule has 1 atom stereocenters. The van der Waals surface area contributed by atoms with E-state index in [1.54, 1.807) is 11.3 Å². The van der Waals surface area contributed by atoms with Crippen LogP contribution in [0.2, 0.25) is 0 Å². The number of thiophene rings is 1. The third kappa shape index (κ3) is 3.68. The zero-order valence-corrected chi connectivity index (χ0v) is 19.8. The maximum Gasteiger partial charge on any atom is 0.308 e. The van der Waals surface area contributed by atoms with E-state index in [-0.39, 0.29) is 12.4 Å². The molecule has 166 valence electrons. The largest absolute Gasteiger partial charge is 0.469 e. The van der Waals surface area contributed by atoms with Crippen molar-refractivity contribution in [1.82, 2.24) is 14.8 Å². The molecular weight excluding hydrogens is 432 g/mol. The number of nitrogens with zero attached hydrogens (tertiary/aromatic N) is 4. The normalized spacial score (nSPS) is 14.8. The van der Waals surface area contributed by atoms with E-state index in [1.165, 1.54) is 23.1 Å². The summed E-state index contributed by atoms with van der Waals surface area (Å²) in [6.07, 6.45) is 0.104. The van der Waals surface area contributed by atoms with E-state index in [2.05, 4.69) is 60.4 Å². The van der Waals surface area contributed by atoms with Gasteiger partial charge in [-0.05, 0) is 37.5 Å². The molecule has 0 N–H and O–H groups in total. The van der Waals surface area contributed by atoms with Crippen molar-refractivity contribution >= 4 is 23.0 Å². The van der Waals surface area contributed by atoms with Crippen molar-refractivity contribution in [3.05, 3.63) is 87.8 Å². The predicted octanol–water partition coefficient (Wildman–Crippen LogP) is 5.38. The van der Waals surface area contributed by atoms with E-state index in [9.17, 15) is 4.79 Å². The molecule has 6 nitrogen and oxygen atoms in total. The Balaban J connectivity index is 1.69. The molecule has 2 aromatic heterocycles. The minimum atomic E-state index is -0.484. The quantitative estimate of drug-likeness (QED) is 0.387. The van der Waals surface area contributed by atoms with Gasteiger partial charge in [-0.3, -0.25) is 14.4 Å². The van der Waals surface area contributed by atoms with E-state index in [0.717, 1.165) is 33.2 Å². The van der Waals surface area contributed by atoms with Crippen LogP contribution in [-0.2, 0) is 9.53 Å². The van der Waals surface area contributed by atoms with Crippen LogP contribution in [0.1, 0.15) is 45.7 Å². The number of aromatic nitrogens is 3. The maximum atomic E-state index is 12.2. The van der Waals surface area contributed by atoms with Crippen LogP contribution in [0.15, 0.2) is 59.6 Å². The highest BCUT2D eigenvalue weighted by Gasteiger charge is 2.32. The average Bonchev–Trinajstić information content (AvgIpc) is 3.31. The van der Waals surface area contributed by atoms with Crippen LogP contribution in [0.5, 0.6) is 0 Å². The summed E-state index contributed by atoms with van der Waals surface area (Å²) in [5.41, 5.74) is 6.43. The molecule has 0 spiro atoms. The van der Waals surface area contributed by atoms with Gasteiger partial charge in [0.05, 0.1) is 19.2 Å². The topological polar surface area (TPSA) is 69.4 Å². The van der Waals surface area contributed by atoms with E-state index in [1.807, 2.05) is 29.7 Å². The number of ether oxygens (including phenoxy) is 1. The number of methoxy groups -OCH3 is 1. The fourth-order valence-electron chi connectivity index (χ4n) is 4.22. The standard InChI is InChI=1S/C26H24N4O2S/c1-15-16(2)33-26-23(15)24(20-12-10-19(11-13-20)18-8-6-5-7-9-18)27-21(14-22(31)32-4)25-29-28-17(3)30(25)26/h5-13,21H,14H2,1-4H3. The van der Waals surface area contributed by atoms with Gasteiger partial charge < -0.3 is 4.74 Å². The molecule has 7 heteroatoms. The predicted molar refractivity (Wildman–Crippen MR) is 130 cm³/mol. The van der Waals surface area contributed by atoms with Gasteiger partial charge >= 0.3 is 5.97 Å². The molecule has 0 amide bonds. The summed E-state index contributed by atoms with van der Waals surface area (Å²) in [7, 11) is 1.40. The molecule has 0 saturated carbocycles. The molecule has 2 aromatic carbocycles. The molecule has 0 saturated heterocycles. The lowest BCUT2D eigenvalue weighted by Gasteiger charge is -2.12. The minimum absolute atomic E-state index is 0.104. The molecule has 3 heterocycles. The molecule has 0 fully saturated rings. The Kier molecular flexibility index (Phi) is 5.42. The Morgan fingerprint density at radius 3 is 2.33 bits per heavy atom. The lowest BCUT2D eigenvalue weighted by atomic mass is 9.97. The number of hydrogen-bond acceptors (Lipinski definition) is 6. The van der Waals surface area contributed by atoms with Crippen LogP contribution in [0.25, 0.3) is 16.1 Å². The Morgan fingerprint density at radius 2 is 1.64 bits per heavy atom. The third-order valence-electron chi connectivity index (χ3n) is 6.09. The fourth-order valence-corrected chi connectivity index (χ4v) is 5.43. The van der Waals surface area contributed by atoms with E-state index >= 15 is 0 Å². The van der Waals surface area contributed by atoms with Crippen LogP contribution < -0.4 is 0 Å². The summed E-state index contributed by atoms with van der Waals surface area (Å²) in [6.45, 7) is 6.17. The van der Waals surface area contributed by atoms with Gasteiger partial charge in [-0.25, -0.2) is 0 Å². The number of hydrogen-bond donors (Lipinski definition) is 0. The van der Waals surface area contributed by atoms with Crippen LogP contribution >= 0.6 is 11.3 Å². The number of carbonyl (C=O) groups excluding carboxylic acids is 1. The smallest absolute Gasteiger partial charge is 0.308 e. The zero-order valence-electron chi connectivity index (χ0n) is 19.0. The van der Waals surface area contributed by atoms with Gasteiger partial charge in [0.25, 0.3) is 0 Å². The number of carbonyl (C=O) groups is 1. The zero-order chi connectivity index (χ0) is 23.1. The van der Waals surface area contributed by atoms with Gasteiger partial charge in [-0.1, -0.05) is 54.6 Å². The van der Waals surface area contributed by atoms with Crippen molar-refractivity contribution in [2.24, 2.45) is 4.99 Å². The molecule has 33 heavy (non-hydrogen) atoms. The first-order valence-corrected chi connectivity index (χ1v) is 11.6. The van der Waals surface area contributed by atoms with Crippen molar-refractivity contribution in [1.29, 1.82) is 0 Å². The van der Waals surface area contributed by atoms with Crippen LogP contribution in [-0.4, -0.2) is 33.6 Å². The molecule has 1 aliphatic heterocycles. The summed E-state index contributed by atoms with van der Waals surface area (Å²) >= 11 is 1.70. The molecule has 0 radical (unpaired) electrons. The van der Waals surface area contributed by atoms with Crippen molar-refractivity contribution in [3.63, 3.8) is 0 Å². The van der Waals surface area contributed by atoms with Crippen LogP contribution in [0.4, 0.5) is 0 Å². The second kappa shape index (κ2) is 8.41. The minimum Gasteiger partial charge on any atom is -0.469 e. The highest BCUT2D eigenvalue weighted by Crippen LogP contribution is 2.39. The van der Waals surface area contributed by atoms with Gasteiger partial charge in [0, 0.05) is 16.0 Å². The van der Waals surface area contributed by atoms with Gasteiger partial charge in [0.1, 0.15) is 16.9 Å². The Hall–Kier alpha value is -3.58. The molecule has 1 aliphatic rings. The number of benzene rings is 2. The first-order chi connectivity index (χ1) is 16.0. The lowest BCUT2D eigenvalue weighted by molar-refractivity contribution is -0.141. The first-order valence-electron chi connectivity index (χ1n) is 10.8. The van der Waals surface area contributed by atoms with Crippen molar-refractivity contribution < 1.29 is 9.53 Å². The molecule has 4 aromatic rings. The van der Waals surface area contributed by atoms with E-state index in [0.29, 0.717) is 5.82 Å². The highest BCUT2D eigenvalue weighted by atomic mass is 32.1. The number of rotatable bonds is 4. The summed E-state index contributed by atoms with van der Waals surface area (Å²) in [5, 5.41) is 9.75. The number of aryl methyl sites for hydroxylation is 2. The molecule has 0 bridgehead atoms. The number of aliphatic imine (C=N–C) groups is 1.